The monoisotopic (exact) mass is 635 g/mol. The van der Waals surface area contributed by atoms with Gasteiger partial charge in [0.25, 0.3) is 5.91 Å². The Hall–Kier alpha value is -3.19. The molecular formula is C31H49N5O7S. The Morgan fingerprint density at radius 3 is 2.32 bits per heavy atom. The molecule has 0 bridgehead atoms. The second-order valence-electron chi connectivity index (χ2n) is 12.8. The lowest BCUT2D eigenvalue weighted by molar-refractivity contribution is -0.141. The van der Waals surface area contributed by atoms with Crippen molar-refractivity contribution in [3.8, 4) is 0 Å². The van der Waals surface area contributed by atoms with Gasteiger partial charge >= 0.3 is 16.3 Å². The van der Waals surface area contributed by atoms with E-state index in [1.807, 2.05) is 10.8 Å². The third kappa shape index (κ3) is 11.1. The van der Waals surface area contributed by atoms with E-state index in [0.717, 1.165) is 44.1 Å². The number of benzene rings is 1. The van der Waals surface area contributed by atoms with Crippen molar-refractivity contribution in [2.24, 2.45) is 0 Å². The highest BCUT2D eigenvalue weighted by Gasteiger charge is 2.53. The molecule has 1 saturated carbocycles. The smallest absolute Gasteiger partial charge is 0.408 e. The fourth-order valence-electron chi connectivity index (χ4n) is 5.22. The second kappa shape index (κ2) is 15.7. The van der Waals surface area contributed by atoms with Crippen molar-refractivity contribution in [3.05, 3.63) is 35.9 Å². The number of amides is 4. The van der Waals surface area contributed by atoms with Gasteiger partial charge in [0, 0.05) is 13.1 Å². The van der Waals surface area contributed by atoms with Crippen molar-refractivity contribution in [1.82, 2.24) is 25.0 Å². The van der Waals surface area contributed by atoms with Crippen LogP contribution in [0.3, 0.4) is 0 Å². The predicted molar refractivity (Wildman–Crippen MR) is 166 cm³/mol. The Morgan fingerprint density at radius 1 is 1.02 bits per heavy atom. The molecule has 4 N–H and O–H groups in total. The molecule has 0 spiro atoms. The zero-order valence-electron chi connectivity index (χ0n) is 26.4. The Balaban J connectivity index is 1.61. The van der Waals surface area contributed by atoms with Gasteiger partial charge in [0.2, 0.25) is 11.8 Å². The van der Waals surface area contributed by atoms with Crippen LogP contribution in [0.5, 0.6) is 0 Å². The molecule has 2 fully saturated rings. The summed E-state index contributed by atoms with van der Waals surface area (Å²) < 4.78 is 34.8. The summed E-state index contributed by atoms with van der Waals surface area (Å²) in [6.07, 6.45) is 7.33. The summed E-state index contributed by atoms with van der Waals surface area (Å²) in [6.45, 7) is 7.70. The minimum atomic E-state index is -4.17. The van der Waals surface area contributed by atoms with E-state index in [1.54, 1.807) is 45.0 Å². The van der Waals surface area contributed by atoms with Crippen LogP contribution in [0.15, 0.2) is 30.3 Å². The van der Waals surface area contributed by atoms with Gasteiger partial charge in [0.05, 0.1) is 0 Å². The third-order valence-corrected chi connectivity index (χ3v) is 8.74. The Kier molecular flexibility index (Phi) is 12.6. The molecule has 13 heteroatoms. The van der Waals surface area contributed by atoms with Crippen molar-refractivity contribution >= 4 is 34.0 Å². The molecule has 1 heterocycles. The quantitative estimate of drug-likeness (QED) is 0.202. The van der Waals surface area contributed by atoms with Gasteiger partial charge in [0.1, 0.15) is 23.2 Å². The largest absolute Gasteiger partial charge is 0.444 e. The molecule has 3 rings (SSSR count). The first kappa shape index (κ1) is 35.3. The summed E-state index contributed by atoms with van der Waals surface area (Å²) >= 11 is 0. The Morgan fingerprint density at radius 2 is 1.68 bits per heavy atom. The minimum Gasteiger partial charge on any atom is -0.444 e. The summed E-state index contributed by atoms with van der Waals surface area (Å²) in [5.41, 5.74) is -1.37. The topological polar surface area (TPSA) is 163 Å². The fourth-order valence-corrected chi connectivity index (χ4v) is 6.09. The fraction of sp³-hybridized carbons (Fsp3) is 0.677. The molecule has 12 nitrogen and oxygen atoms in total. The van der Waals surface area contributed by atoms with Gasteiger partial charge in [-0.15, -0.1) is 0 Å². The molecule has 2 aliphatic rings. The highest BCUT2D eigenvalue weighted by Crippen LogP contribution is 2.36. The summed E-state index contributed by atoms with van der Waals surface area (Å²) in [7, 11) is -4.17. The van der Waals surface area contributed by atoms with Crippen molar-refractivity contribution in [2.45, 2.75) is 128 Å². The number of hydrogen-bond donors (Lipinski definition) is 4. The second-order valence-corrected chi connectivity index (χ2v) is 14.3. The molecule has 0 unspecified atom stereocenters. The van der Waals surface area contributed by atoms with Gasteiger partial charge in [-0.25, -0.2) is 9.52 Å². The zero-order valence-corrected chi connectivity index (χ0v) is 27.3. The standard InChI is InChI=1S/C31H49N5O7S/c1-5-6-7-8-9-13-17-24(33-29(40)43-30(2,3)4)27(38)36-21-14-18-25(36)26(37)34-31(19-20-31)28(39)35-44(41,42)32-22-23-15-11-10-12-16-23/h10-12,15-16,24-25,32H,5-9,13-14,17-22H2,1-4H3,(H,33,40)(H,34,37)(H,35,39)/t24-,25-/m0/s1. The summed E-state index contributed by atoms with van der Waals surface area (Å²) in [5, 5.41) is 5.44. The number of unbranched alkanes of at least 4 members (excludes halogenated alkanes) is 5. The van der Waals surface area contributed by atoms with Gasteiger partial charge in [0.15, 0.2) is 0 Å². The van der Waals surface area contributed by atoms with Crippen molar-refractivity contribution in [2.75, 3.05) is 6.54 Å². The lowest BCUT2D eigenvalue weighted by atomic mass is 10.0. The SMILES string of the molecule is CCCCCCCC[C@H](NC(=O)OC(C)(C)C)C(=O)N1CCC[C@H]1C(=O)NC1(C(=O)NS(=O)(=O)NCc2ccccc2)CC1. The van der Waals surface area contributed by atoms with Gasteiger partial charge in [-0.2, -0.15) is 13.1 Å². The van der Waals surface area contributed by atoms with Gasteiger partial charge < -0.3 is 20.3 Å². The maximum Gasteiger partial charge on any atom is 0.408 e. The lowest BCUT2D eigenvalue weighted by Gasteiger charge is -2.30. The van der Waals surface area contributed by atoms with E-state index < -0.39 is 51.3 Å². The number of carbonyl (C=O) groups excluding carboxylic acids is 4. The van der Waals surface area contributed by atoms with Crippen LogP contribution >= 0.6 is 0 Å². The number of carbonyl (C=O) groups is 4. The summed E-state index contributed by atoms with van der Waals surface area (Å²) in [5.74, 6) is -1.72. The van der Waals surface area contributed by atoms with Gasteiger partial charge in [-0.3, -0.25) is 14.4 Å². The number of rotatable bonds is 16. The normalized spacial score (nSPS) is 18.3. The lowest BCUT2D eigenvalue weighted by Crippen LogP contribution is -2.58. The molecule has 1 aromatic rings. The molecule has 246 valence electrons. The first-order valence-corrected chi connectivity index (χ1v) is 17.2. The van der Waals surface area contributed by atoms with Gasteiger partial charge in [-0.05, 0) is 58.4 Å². The van der Waals surface area contributed by atoms with Crippen molar-refractivity contribution < 1.29 is 32.3 Å². The molecule has 1 saturated heterocycles. The van der Waals surface area contributed by atoms with Gasteiger partial charge in [-0.1, -0.05) is 75.8 Å². The summed E-state index contributed by atoms with van der Waals surface area (Å²) in [4.78, 5) is 54.2. The maximum atomic E-state index is 13.7. The zero-order chi connectivity index (χ0) is 32.4. The average Bonchev–Trinajstić information content (AvgIpc) is 3.56. The Labute approximate surface area is 261 Å². The van der Waals surface area contributed by atoms with E-state index in [1.165, 1.54) is 4.90 Å². The molecule has 0 aromatic heterocycles. The number of hydrogen-bond acceptors (Lipinski definition) is 7. The number of nitrogens with zero attached hydrogens (tertiary/aromatic N) is 1. The molecule has 4 amide bonds. The van der Waals surface area contributed by atoms with E-state index in [2.05, 4.69) is 22.3 Å². The van der Waals surface area contributed by atoms with Crippen LogP contribution in [-0.2, 0) is 35.9 Å². The average molecular weight is 636 g/mol. The van der Waals surface area contributed by atoms with E-state index in [-0.39, 0.29) is 25.3 Å². The highest BCUT2D eigenvalue weighted by atomic mass is 32.2. The number of alkyl carbamates (subject to hydrolysis) is 1. The van der Waals surface area contributed by atoms with E-state index >= 15 is 0 Å². The van der Waals surface area contributed by atoms with Crippen molar-refractivity contribution in [1.29, 1.82) is 0 Å². The summed E-state index contributed by atoms with van der Waals surface area (Å²) in [6, 6.07) is 7.17. The molecular weight excluding hydrogens is 586 g/mol. The molecule has 0 radical (unpaired) electrons. The third-order valence-electron chi connectivity index (χ3n) is 7.76. The van der Waals surface area contributed by atoms with Crippen LogP contribution in [0.2, 0.25) is 0 Å². The van der Waals surface area contributed by atoms with E-state index in [0.29, 0.717) is 25.8 Å². The highest BCUT2D eigenvalue weighted by molar-refractivity contribution is 7.88. The molecule has 1 aromatic carbocycles. The van der Waals surface area contributed by atoms with Crippen LogP contribution < -0.4 is 20.1 Å². The van der Waals surface area contributed by atoms with Crippen molar-refractivity contribution in [3.63, 3.8) is 0 Å². The van der Waals surface area contributed by atoms with E-state index in [9.17, 15) is 27.6 Å². The van der Waals surface area contributed by atoms with E-state index in [4.69, 9.17) is 4.74 Å². The number of nitrogens with one attached hydrogen (secondary N) is 4. The van der Waals surface area contributed by atoms with Crippen LogP contribution in [0.1, 0.15) is 104 Å². The van der Waals surface area contributed by atoms with Crippen LogP contribution in [0.4, 0.5) is 4.79 Å². The Bertz CT molecular complexity index is 1250. The minimum absolute atomic E-state index is 0.000798. The van der Waals surface area contributed by atoms with Crippen LogP contribution in [-0.4, -0.2) is 66.9 Å². The van der Waals surface area contributed by atoms with Crippen LogP contribution in [0.25, 0.3) is 0 Å². The molecule has 44 heavy (non-hydrogen) atoms. The van der Waals surface area contributed by atoms with Crippen LogP contribution in [0, 0.1) is 0 Å². The first-order chi connectivity index (χ1) is 20.8. The first-order valence-electron chi connectivity index (χ1n) is 15.7. The molecule has 1 aliphatic carbocycles. The molecule has 1 aliphatic heterocycles. The molecule has 2 atom stereocenters. The maximum absolute atomic E-state index is 13.7. The predicted octanol–water partition coefficient (Wildman–Crippen LogP) is 3.42. The number of likely N-dealkylation sites (tertiary alicyclic amines) is 1. The number of ether oxygens (including phenoxy) is 1.